The van der Waals surface area contributed by atoms with E-state index in [1.807, 2.05) is 31.2 Å². The number of hydrogen-bond acceptors (Lipinski definition) is 0. The highest BCUT2D eigenvalue weighted by atomic mass is 79.9. The summed E-state index contributed by atoms with van der Waals surface area (Å²) in [6, 6.07) is 5.86. The molecule has 0 aliphatic heterocycles. The van der Waals surface area contributed by atoms with Crippen LogP contribution in [0.5, 0.6) is 0 Å². The van der Waals surface area contributed by atoms with Crippen LogP contribution in [0.4, 0.5) is 0 Å². The molecule has 2 heteroatoms. The van der Waals surface area contributed by atoms with Gasteiger partial charge in [0, 0.05) is 10.4 Å². The number of rotatable bonds is 2. The summed E-state index contributed by atoms with van der Waals surface area (Å²) in [4.78, 5) is 0. The second-order valence-corrected chi connectivity index (χ2v) is 3.78. The molecule has 0 heterocycles. The van der Waals surface area contributed by atoms with E-state index in [0.717, 1.165) is 21.0 Å². The zero-order valence-electron chi connectivity index (χ0n) is 6.77. The van der Waals surface area contributed by atoms with Gasteiger partial charge in [-0.25, -0.2) is 0 Å². The van der Waals surface area contributed by atoms with Gasteiger partial charge in [-0.2, -0.15) is 0 Å². The first kappa shape index (κ1) is 9.82. The lowest BCUT2D eigenvalue weighted by Crippen LogP contribution is -1.88. The highest BCUT2D eigenvalue weighted by Gasteiger charge is 2.03. The number of allylic oxidation sites excluding steroid dienone is 1. The molecule has 0 spiro atoms. The molecule has 0 aliphatic carbocycles. The van der Waals surface area contributed by atoms with Gasteiger partial charge in [0.1, 0.15) is 0 Å². The molecule has 0 N–H and O–H groups in total. The molecule has 0 fully saturated rings. The Balaban J connectivity index is 3.04. The molecule has 0 unspecified atom stereocenters. The average Bonchev–Trinajstić information content (AvgIpc) is 2.08. The Labute approximate surface area is 86.4 Å². The minimum Gasteiger partial charge on any atom is -0.102 e. The van der Waals surface area contributed by atoms with Crippen LogP contribution in [0.3, 0.4) is 0 Å². The molecule has 1 aromatic carbocycles. The fraction of sp³-hybridized carbons (Fsp3) is 0.100. The maximum Gasteiger partial charge on any atom is 0.0551 e. The lowest BCUT2D eigenvalue weighted by atomic mass is 10.0. The van der Waals surface area contributed by atoms with Crippen LogP contribution in [0.2, 0.25) is 5.02 Å². The van der Waals surface area contributed by atoms with Crippen molar-refractivity contribution in [3.05, 3.63) is 51.8 Å². The van der Waals surface area contributed by atoms with Gasteiger partial charge in [0.05, 0.1) is 5.02 Å². The van der Waals surface area contributed by atoms with Crippen molar-refractivity contribution in [3.63, 3.8) is 0 Å². The molecule has 1 aromatic rings. The molecule has 1 rings (SSSR count). The van der Waals surface area contributed by atoms with E-state index in [9.17, 15) is 0 Å². The smallest absolute Gasteiger partial charge is 0.0551 e. The third-order valence-corrected chi connectivity index (χ3v) is 2.91. The second kappa shape index (κ2) is 4.11. The van der Waals surface area contributed by atoms with Crippen LogP contribution in [0.1, 0.15) is 12.5 Å². The van der Waals surface area contributed by atoms with Crippen LogP contribution < -0.4 is 0 Å². The van der Waals surface area contributed by atoms with Crippen LogP contribution in [0.25, 0.3) is 0 Å². The van der Waals surface area contributed by atoms with Gasteiger partial charge >= 0.3 is 0 Å². The maximum absolute atomic E-state index is 5.92. The molecule has 0 saturated heterocycles. The second-order valence-electron chi connectivity index (χ2n) is 2.52. The number of halogens is 2. The number of hydrogen-bond donors (Lipinski definition) is 0. The van der Waals surface area contributed by atoms with Crippen molar-refractivity contribution in [1.29, 1.82) is 0 Å². The Hall–Kier alpha value is -0.270. The highest BCUT2D eigenvalue weighted by molar-refractivity contribution is 9.10. The van der Waals surface area contributed by atoms with Crippen LogP contribution in [-0.4, -0.2) is 0 Å². The van der Waals surface area contributed by atoms with Gasteiger partial charge in [-0.05, 0) is 33.6 Å². The van der Waals surface area contributed by atoms with E-state index < -0.39 is 0 Å². The fourth-order valence-electron chi connectivity index (χ4n) is 0.859. The zero-order chi connectivity index (χ0) is 9.14. The van der Waals surface area contributed by atoms with Gasteiger partial charge in [-0.15, -0.1) is 6.58 Å². The zero-order valence-corrected chi connectivity index (χ0v) is 9.11. The van der Waals surface area contributed by atoms with Crippen molar-refractivity contribution < 1.29 is 0 Å². The van der Waals surface area contributed by atoms with Gasteiger partial charge in [0.25, 0.3) is 0 Å². The largest absolute Gasteiger partial charge is 0.102 e. The quantitative estimate of drug-likeness (QED) is 0.730. The van der Waals surface area contributed by atoms with Gasteiger partial charge in [0.2, 0.25) is 0 Å². The van der Waals surface area contributed by atoms with Gasteiger partial charge < -0.3 is 0 Å². The number of benzene rings is 1. The molecular weight excluding hydrogens is 235 g/mol. The third kappa shape index (κ3) is 2.11. The maximum atomic E-state index is 5.92. The van der Waals surface area contributed by atoms with Crippen molar-refractivity contribution in [1.82, 2.24) is 0 Å². The van der Waals surface area contributed by atoms with E-state index in [1.165, 1.54) is 0 Å². The van der Waals surface area contributed by atoms with Crippen molar-refractivity contribution in [2.75, 3.05) is 0 Å². The van der Waals surface area contributed by atoms with E-state index >= 15 is 0 Å². The Morgan fingerprint density at radius 1 is 1.58 bits per heavy atom. The first-order valence-electron chi connectivity index (χ1n) is 3.56. The van der Waals surface area contributed by atoms with Crippen molar-refractivity contribution in [3.8, 4) is 0 Å². The summed E-state index contributed by atoms with van der Waals surface area (Å²) in [7, 11) is 0. The molecule has 0 amide bonds. The van der Waals surface area contributed by atoms with Crippen LogP contribution in [-0.2, 0) is 0 Å². The van der Waals surface area contributed by atoms with Crippen LogP contribution >= 0.6 is 27.5 Å². The van der Waals surface area contributed by atoms with Crippen LogP contribution in [0, 0.1) is 5.92 Å². The molecule has 1 radical (unpaired) electrons. The minimum atomic E-state index is 0.730. The third-order valence-electron chi connectivity index (χ3n) is 1.68. The fourth-order valence-corrected chi connectivity index (χ4v) is 1.29. The molecular formula is C10H9BrCl. The summed E-state index contributed by atoms with van der Waals surface area (Å²) in [6.45, 7) is 5.70. The Kier molecular flexibility index (Phi) is 3.36. The summed E-state index contributed by atoms with van der Waals surface area (Å²) in [5, 5.41) is 0.730. The monoisotopic (exact) mass is 243 g/mol. The predicted octanol–water partition coefficient (Wildman–Crippen LogP) is 4.23. The lowest BCUT2D eigenvalue weighted by molar-refractivity contribution is 1.25. The van der Waals surface area contributed by atoms with Gasteiger partial charge in [0.15, 0.2) is 0 Å². The van der Waals surface area contributed by atoms with E-state index in [-0.39, 0.29) is 0 Å². The lowest BCUT2D eigenvalue weighted by Gasteiger charge is -2.06. The van der Waals surface area contributed by atoms with Crippen molar-refractivity contribution in [2.45, 2.75) is 6.92 Å². The molecule has 0 aliphatic rings. The molecule has 12 heavy (non-hydrogen) atoms. The van der Waals surface area contributed by atoms with Gasteiger partial charge in [-0.3, -0.25) is 0 Å². The summed E-state index contributed by atoms with van der Waals surface area (Å²) in [5.74, 6) is 1.13. The first-order valence-corrected chi connectivity index (χ1v) is 4.73. The first-order chi connectivity index (χ1) is 5.65. The summed E-state index contributed by atoms with van der Waals surface area (Å²) in [6.07, 6.45) is 1.82. The Bertz CT molecular complexity index is 294. The van der Waals surface area contributed by atoms with E-state index in [4.69, 9.17) is 11.6 Å². The van der Waals surface area contributed by atoms with E-state index in [2.05, 4.69) is 22.5 Å². The molecule has 0 atom stereocenters. The molecule has 0 nitrogen and oxygen atoms in total. The Morgan fingerprint density at radius 2 is 2.25 bits per heavy atom. The van der Waals surface area contributed by atoms with Crippen molar-refractivity contribution in [2.24, 2.45) is 0 Å². The normalized spacial score (nSPS) is 10.3. The standard InChI is InChI=1S/C10H9BrCl/c1-3-7(2)8-4-5-9(11)10(12)6-8/h3-6H,1H2,2H3. The highest BCUT2D eigenvalue weighted by Crippen LogP contribution is 2.26. The topological polar surface area (TPSA) is 0 Å². The van der Waals surface area contributed by atoms with Crippen molar-refractivity contribution >= 4 is 27.5 Å². The van der Waals surface area contributed by atoms with Crippen LogP contribution in [0.15, 0.2) is 35.3 Å². The molecule has 63 valence electrons. The summed E-state index contributed by atoms with van der Waals surface area (Å²) in [5.41, 5.74) is 1.11. The molecule has 0 aromatic heterocycles. The minimum absolute atomic E-state index is 0.730. The predicted molar refractivity (Wildman–Crippen MR) is 57.4 cm³/mol. The molecule has 0 bridgehead atoms. The Morgan fingerprint density at radius 3 is 2.75 bits per heavy atom. The summed E-state index contributed by atoms with van der Waals surface area (Å²) >= 11 is 9.25. The SMILES string of the molecule is C=C[C](C)c1ccc(Br)c(Cl)c1. The molecule has 0 saturated carbocycles. The van der Waals surface area contributed by atoms with E-state index in [0.29, 0.717) is 0 Å². The summed E-state index contributed by atoms with van der Waals surface area (Å²) < 4.78 is 0.921. The van der Waals surface area contributed by atoms with Gasteiger partial charge in [-0.1, -0.05) is 30.7 Å². The average molecular weight is 245 g/mol. The van der Waals surface area contributed by atoms with E-state index in [1.54, 1.807) is 0 Å².